The SMILES string of the molecule is CC#CCCC(CCCCCCCC)NC. The Bertz CT molecular complexity index is 187. The molecule has 0 bridgehead atoms. The van der Waals surface area contributed by atoms with Crippen LogP contribution in [0.15, 0.2) is 0 Å². The van der Waals surface area contributed by atoms with Gasteiger partial charge in [0.1, 0.15) is 0 Å². The lowest BCUT2D eigenvalue weighted by atomic mass is 10.0. The second-order valence-corrected chi connectivity index (χ2v) is 4.51. The first-order valence-electron chi connectivity index (χ1n) is 6.92. The average molecular weight is 223 g/mol. The van der Waals surface area contributed by atoms with E-state index in [9.17, 15) is 0 Å². The van der Waals surface area contributed by atoms with Gasteiger partial charge in [0.25, 0.3) is 0 Å². The molecule has 0 aliphatic heterocycles. The van der Waals surface area contributed by atoms with E-state index in [1.165, 1.54) is 51.4 Å². The van der Waals surface area contributed by atoms with Crippen LogP contribution in [-0.4, -0.2) is 13.1 Å². The van der Waals surface area contributed by atoms with E-state index in [0.717, 1.165) is 6.42 Å². The summed E-state index contributed by atoms with van der Waals surface area (Å²) in [6.45, 7) is 4.19. The lowest BCUT2D eigenvalue weighted by molar-refractivity contribution is 0.462. The summed E-state index contributed by atoms with van der Waals surface area (Å²) in [6, 6.07) is 0.673. The van der Waals surface area contributed by atoms with E-state index in [2.05, 4.69) is 31.1 Å². The van der Waals surface area contributed by atoms with E-state index < -0.39 is 0 Å². The monoisotopic (exact) mass is 223 g/mol. The van der Waals surface area contributed by atoms with Crippen molar-refractivity contribution in [1.29, 1.82) is 0 Å². The molecular weight excluding hydrogens is 194 g/mol. The minimum atomic E-state index is 0.673. The Hall–Kier alpha value is -0.480. The lowest BCUT2D eigenvalue weighted by Gasteiger charge is -2.14. The summed E-state index contributed by atoms with van der Waals surface area (Å²) in [5.74, 6) is 6.10. The number of hydrogen-bond donors (Lipinski definition) is 1. The smallest absolute Gasteiger partial charge is 0.0103 e. The molecule has 0 aromatic carbocycles. The Morgan fingerprint density at radius 2 is 1.69 bits per heavy atom. The van der Waals surface area contributed by atoms with E-state index in [0.29, 0.717) is 6.04 Å². The Morgan fingerprint density at radius 3 is 2.31 bits per heavy atom. The van der Waals surface area contributed by atoms with Crippen LogP contribution in [0.4, 0.5) is 0 Å². The fourth-order valence-electron chi connectivity index (χ4n) is 1.98. The van der Waals surface area contributed by atoms with Gasteiger partial charge in [-0.15, -0.1) is 11.8 Å². The number of rotatable bonds is 10. The van der Waals surface area contributed by atoms with Crippen molar-refractivity contribution in [2.75, 3.05) is 7.05 Å². The maximum absolute atomic E-state index is 3.40. The Kier molecular flexibility index (Phi) is 12.2. The molecule has 0 aliphatic rings. The van der Waals surface area contributed by atoms with Crippen LogP contribution >= 0.6 is 0 Å². The van der Waals surface area contributed by atoms with Crippen LogP contribution < -0.4 is 5.32 Å². The molecule has 0 heterocycles. The second-order valence-electron chi connectivity index (χ2n) is 4.51. The second kappa shape index (κ2) is 12.6. The van der Waals surface area contributed by atoms with E-state index in [1.54, 1.807) is 0 Å². The Morgan fingerprint density at radius 1 is 1.00 bits per heavy atom. The van der Waals surface area contributed by atoms with Crippen molar-refractivity contribution < 1.29 is 0 Å². The van der Waals surface area contributed by atoms with Crippen molar-refractivity contribution in [3.63, 3.8) is 0 Å². The van der Waals surface area contributed by atoms with Crippen molar-refractivity contribution in [2.45, 2.75) is 77.7 Å². The van der Waals surface area contributed by atoms with E-state index in [4.69, 9.17) is 0 Å². The molecule has 0 radical (unpaired) electrons. The van der Waals surface area contributed by atoms with Crippen LogP contribution in [0.25, 0.3) is 0 Å². The van der Waals surface area contributed by atoms with Crippen LogP contribution in [-0.2, 0) is 0 Å². The summed E-state index contributed by atoms with van der Waals surface area (Å²) in [7, 11) is 2.07. The predicted octanol–water partition coefficient (Wildman–Crippen LogP) is 4.13. The van der Waals surface area contributed by atoms with Crippen LogP contribution in [0, 0.1) is 11.8 Å². The van der Waals surface area contributed by atoms with Gasteiger partial charge in [0, 0.05) is 12.5 Å². The highest BCUT2D eigenvalue weighted by Gasteiger charge is 2.03. The fraction of sp³-hybridized carbons (Fsp3) is 0.867. The third-order valence-electron chi connectivity index (χ3n) is 3.11. The first kappa shape index (κ1) is 15.5. The molecule has 1 heteroatoms. The Labute approximate surface area is 102 Å². The normalized spacial score (nSPS) is 11.9. The summed E-state index contributed by atoms with van der Waals surface area (Å²) in [5, 5.41) is 3.40. The molecule has 1 N–H and O–H groups in total. The molecule has 0 saturated carbocycles. The van der Waals surface area contributed by atoms with Gasteiger partial charge in [0.2, 0.25) is 0 Å². The predicted molar refractivity (Wildman–Crippen MR) is 73.5 cm³/mol. The molecule has 0 aliphatic carbocycles. The number of unbranched alkanes of at least 4 members (excludes halogenated alkanes) is 5. The third-order valence-corrected chi connectivity index (χ3v) is 3.11. The first-order chi connectivity index (χ1) is 7.85. The zero-order chi connectivity index (χ0) is 12.1. The third kappa shape index (κ3) is 10.1. The van der Waals surface area contributed by atoms with Crippen LogP contribution in [0.1, 0.15) is 71.6 Å². The van der Waals surface area contributed by atoms with Crippen LogP contribution in [0.3, 0.4) is 0 Å². The quantitative estimate of drug-likeness (QED) is 0.434. The molecule has 0 rings (SSSR count). The standard InChI is InChI=1S/C15H29N/c1-4-6-8-9-10-12-14-15(16-3)13-11-7-5-2/h15-16H,4,6,8-14H2,1-3H3. The maximum Gasteiger partial charge on any atom is 0.0103 e. The highest BCUT2D eigenvalue weighted by Crippen LogP contribution is 2.10. The van der Waals surface area contributed by atoms with Gasteiger partial charge in [-0.1, -0.05) is 45.4 Å². The van der Waals surface area contributed by atoms with E-state index >= 15 is 0 Å². The van der Waals surface area contributed by atoms with Gasteiger partial charge in [0.15, 0.2) is 0 Å². The maximum atomic E-state index is 3.40. The first-order valence-corrected chi connectivity index (χ1v) is 6.92. The summed E-state index contributed by atoms with van der Waals surface area (Å²) in [4.78, 5) is 0. The molecular formula is C15H29N. The highest BCUT2D eigenvalue weighted by atomic mass is 14.9. The van der Waals surface area contributed by atoms with Gasteiger partial charge < -0.3 is 5.32 Å². The number of nitrogens with one attached hydrogen (secondary N) is 1. The minimum absolute atomic E-state index is 0.673. The van der Waals surface area contributed by atoms with Crippen LogP contribution in [0.2, 0.25) is 0 Å². The van der Waals surface area contributed by atoms with Gasteiger partial charge in [-0.05, 0) is 26.8 Å². The highest BCUT2D eigenvalue weighted by molar-refractivity contribution is 4.95. The molecule has 94 valence electrons. The topological polar surface area (TPSA) is 12.0 Å². The molecule has 1 unspecified atom stereocenters. The summed E-state index contributed by atoms with van der Waals surface area (Å²) in [5.41, 5.74) is 0. The largest absolute Gasteiger partial charge is 0.317 e. The molecule has 16 heavy (non-hydrogen) atoms. The minimum Gasteiger partial charge on any atom is -0.317 e. The van der Waals surface area contributed by atoms with Crippen molar-refractivity contribution in [2.24, 2.45) is 0 Å². The van der Waals surface area contributed by atoms with Crippen molar-refractivity contribution in [1.82, 2.24) is 5.32 Å². The molecule has 0 saturated heterocycles. The van der Waals surface area contributed by atoms with Crippen LogP contribution in [0.5, 0.6) is 0 Å². The van der Waals surface area contributed by atoms with Crippen molar-refractivity contribution in [3.8, 4) is 11.8 Å². The molecule has 0 spiro atoms. The molecule has 1 nitrogen and oxygen atoms in total. The number of hydrogen-bond acceptors (Lipinski definition) is 1. The molecule has 0 amide bonds. The van der Waals surface area contributed by atoms with Gasteiger partial charge >= 0.3 is 0 Å². The molecule has 1 atom stereocenters. The lowest BCUT2D eigenvalue weighted by Crippen LogP contribution is -2.24. The summed E-state index contributed by atoms with van der Waals surface area (Å²) < 4.78 is 0. The molecule has 0 aromatic heterocycles. The molecule has 0 aromatic rings. The summed E-state index contributed by atoms with van der Waals surface area (Å²) >= 11 is 0. The van der Waals surface area contributed by atoms with Gasteiger partial charge in [0.05, 0.1) is 0 Å². The fourth-order valence-corrected chi connectivity index (χ4v) is 1.98. The Balaban J connectivity index is 3.35. The van der Waals surface area contributed by atoms with Crippen molar-refractivity contribution >= 4 is 0 Å². The van der Waals surface area contributed by atoms with Gasteiger partial charge in [-0.3, -0.25) is 0 Å². The molecule has 0 fully saturated rings. The van der Waals surface area contributed by atoms with E-state index in [-0.39, 0.29) is 0 Å². The van der Waals surface area contributed by atoms with Gasteiger partial charge in [-0.25, -0.2) is 0 Å². The summed E-state index contributed by atoms with van der Waals surface area (Å²) in [6.07, 6.45) is 11.9. The zero-order valence-electron chi connectivity index (χ0n) is 11.4. The van der Waals surface area contributed by atoms with E-state index in [1.807, 2.05) is 6.92 Å². The van der Waals surface area contributed by atoms with Crippen molar-refractivity contribution in [3.05, 3.63) is 0 Å². The van der Waals surface area contributed by atoms with Gasteiger partial charge in [-0.2, -0.15) is 0 Å². The average Bonchev–Trinajstić information content (AvgIpc) is 2.31. The zero-order valence-corrected chi connectivity index (χ0v) is 11.4.